The van der Waals surface area contributed by atoms with E-state index in [-0.39, 0.29) is 17.1 Å². The number of hydrogen-bond donors (Lipinski definition) is 0. The third-order valence-electron chi connectivity index (χ3n) is 7.14. The Morgan fingerprint density at radius 3 is 2.52 bits per heavy atom. The maximum absolute atomic E-state index is 13.3. The largest absolute Gasteiger partial charge is 0.379 e. The second-order valence-corrected chi connectivity index (χ2v) is 10.6. The number of sulfonamides is 1. The topological polar surface area (TPSA) is 72.4 Å². The Labute approximate surface area is 160 Å². The van der Waals surface area contributed by atoms with E-state index in [9.17, 15) is 8.42 Å². The van der Waals surface area contributed by atoms with Crippen molar-refractivity contribution in [3.05, 3.63) is 35.7 Å². The fraction of sp³-hybridized carbons (Fsp3) is 0.600. The molecule has 1 saturated carbocycles. The molecule has 0 N–H and O–H groups in total. The summed E-state index contributed by atoms with van der Waals surface area (Å²) in [6, 6.07) is 7.88. The van der Waals surface area contributed by atoms with Crippen LogP contribution in [0.4, 0.5) is 0 Å². The molecule has 2 atom stereocenters. The highest BCUT2D eigenvalue weighted by Crippen LogP contribution is 2.67. The maximum atomic E-state index is 13.3. The number of aromatic nitrogens is 2. The molecule has 0 radical (unpaired) electrons. The lowest BCUT2D eigenvalue weighted by Gasteiger charge is -2.39. The molecule has 0 spiro atoms. The molecule has 3 aliphatic rings. The van der Waals surface area contributed by atoms with E-state index in [0.717, 1.165) is 35.3 Å². The van der Waals surface area contributed by atoms with Gasteiger partial charge >= 0.3 is 0 Å². The van der Waals surface area contributed by atoms with Crippen molar-refractivity contribution >= 4 is 21.1 Å². The standard InChI is InChI=1S/C20H25N3O3S/c1-19(2)14-7-8-20(19,13-27(24,25)23-9-11-26-12-10-23)18-17(14)21-15-5-3-4-6-16(15)22-18/h3-6,14H,7-13H2,1-2H3/t14-,20-/m1/s1. The first-order valence-electron chi connectivity index (χ1n) is 9.68. The van der Waals surface area contributed by atoms with Gasteiger partial charge in [-0.25, -0.2) is 18.4 Å². The summed E-state index contributed by atoms with van der Waals surface area (Å²) in [5.74, 6) is 0.383. The molecule has 6 nitrogen and oxygen atoms in total. The minimum atomic E-state index is -3.39. The number of morpholine rings is 1. The van der Waals surface area contributed by atoms with Crippen molar-refractivity contribution in [3.63, 3.8) is 0 Å². The van der Waals surface area contributed by atoms with Crippen molar-refractivity contribution in [2.75, 3.05) is 32.1 Å². The number of para-hydroxylation sites is 2. The summed E-state index contributed by atoms with van der Waals surface area (Å²) in [7, 11) is -3.39. The fourth-order valence-electron chi connectivity index (χ4n) is 5.47. The van der Waals surface area contributed by atoms with Crippen molar-refractivity contribution in [2.24, 2.45) is 5.41 Å². The smallest absolute Gasteiger partial charge is 0.215 e. The number of fused-ring (bicyclic) bond motifs is 6. The van der Waals surface area contributed by atoms with E-state index >= 15 is 0 Å². The summed E-state index contributed by atoms with van der Waals surface area (Å²) in [5.41, 5.74) is 3.03. The van der Waals surface area contributed by atoms with Crippen LogP contribution in [0, 0.1) is 5.41 Å². The van der Waals surface area contributed by atoms with Gasteiger partial charge in [-0.3, -0.25) is 0 Å². The first kappa shape index (κ1) is 17.5. The molecule has 2 aliphatic carbocycles. The molecule has 2 fully saturated rings. The van der Waals surface area contributed by atoms with Crippen LogP contribution in [0.1, 0.15) is 44.0 Å². The van der Waals surface area contributed by atoms with Gasteiger partial charge in [0.2, 0.25) is 10.0 Å². The molecular formula is C20H25N3O3S. The summed E-state index contributed by atoms with van der Waals surface area (Å²) in [4.78, 5) is 9.90. The second-order valence-electron chi connectivity index (χ2n) is 8.61. The first-order valence-corrected chi connectivity index (χ1v) is 11.3. The Kier molecular flexibility index (Phi) is 3.71. The van der Waals surface area contributed by atoms with Crippen LogP contribution in [0.25, 0.3) is 11.0 Å². The summed E-state index contributed by atoms with van der Waals surface area (Å²) >= 11 is 0. The summed E-state index contributed by atoms with van der Waals surface area (Å²) in [6.07, 6.45) is 1.83. The van der Waals surface area contributed by atoms with E-state index < -0.39 is 15.4 Å². The van der Waals surface area contributed by atoms with Crippen LogP contribution in [0.3, 0.4) is 0 Å². The van der Waals surface area contributed by atoms with Gasteiger partial charge in [0, 0.05) is 24.4 Å². The lowest BCUT2D eigenvalue weighted by Crippen LogP contribution is -2.49. The van der Waals surface area contributed by atoms with Crippen LogP contribution in [-0.4, -0.2) is 54.7 Å². The van der Waals surface area contributed by atoms with Crippen LogP contribution in [0.15, 0.2) is 24.3 Å². The molecular weight excluding hydrogens is 362 g/mol. The highest BCUT2D eigenvalue weighted by atomic mass is 32.2. The fourth-order valence-corrected chi connectivity index (χ4v) is 7.64. The van der Waals surface area contributed by atoms with Gasteiger partial charge in [0.15, 0.2) is 0 Å². The van der Waals surface area contributed by atoms with E-state index in [4.69, 9.17) is 14.7 Å². The van der Waals surface area contributed by atoms with Crippen LogP contribution < -0.4 is 0 Å². The summed E-state index contributed by atoms with van der Waals surface area (Å²) in [5, 5.41) is 0. The molecule has 7 heteroatoms. The van der Waals surface area contributed by atoms with Crippen LogP contribution in [0.5, 0.6) is 0 Å². The van der Waals surface area contributed by atoms with Crippen LogP contribution in [-0.2, 0) is 20.2 Å². The van der Waals surface area contributed by atoms with E-state index in [0.29, 0.717) is 26.3 Å². The molecule has 0 unspecified atom stereocenters. The number of benzene rings is 1. The summed E-state index contributed by atoms with van der Waals surface area (Å²) < 4.78 is 33.6. The Hall–Kier alpha value is -1.57. The lowest BCUT2D eigenvalue weighted by molar-refractivity contribution is 0.0724. The van der Waals surface area contributed by atoms with E-state index in [1.807, 2.05) is 24.3 Å². The average molecular weight is 388 g/mol. The van der Waals surface area contributed by atoms with Gasteiger partial charge in [-0.15, -0.1) is 0 Å². The van der Waals surface area contributed by atoms with Crippen LogP contribution in [0.2, 0.25) is 0 Å². The predicted octanol–water partition coefficient (Wildman–Crippen LogP) is 2.45. The Bertz CT molecular complexity index is 1010. The second kappa shape index (κ2) is 5.72. The van der Waals surface area contributed by atoms with Gasteiger partial charge in [-0.2, -0.15) is 4.31 Å². The Morgan fingerprint density at radius 1 is 1.15 bits per heavy atom. The van der Waals surface area contributed by atoms with E-state index in [1.54, 1.807) is 4.31 Å². The quantitative estimate of drug-likeness (QED) is 0.809. The molecule has 2 aromatic rings. The number of hydrogen-bond acceptors (Lipinski definition) is 5. The van der Waals surface area contributed by atoms with Crippen molar-refractivity contribution < 1.29 is 13.2 Å². The lowest BCUT2D eigenvalue weighted by atomic mass is 9.70. The zero-order valence-electron chi connectivity index (χ0n) is 15.8. The van der Waals surface area contributed by atoms with Crippen molar-refractivity contribution in [3.8, 4) is 0 Å². The number of rotatable bonds is 3. The zero-order chi connectivity index (χ0) is 18.9. The minimum absolute atomic E-state index is 0.115. The van der Waals surface area contributed by atoms with Gasteiger partial charge in [-0.05, 0) is 30.4 Å². The molecule has 144 valence electrons. The van der Waals surface area contributed by atoms with Gasteiger partial charge in [0.05, 0.1) is 41.4 Å². The normalized spacial score (nSPS) is 29.9. The van der Waals surface area contributed by atoms with Gasteiger partial charge in [0.1, 0.15) is 0 Å². The molecule has 1 aromatic heterocycles. The van der Waals surface area contributed by atoms with Gasteiger partial charge < -0.3 is 4.74 Å². The van der Waals surface area contributed by atoms with E-state index in [2.05, 4.69) is 13.8 Å². The summed E-state index contributed by atoms with van der Waals surface area (Å²) in [6.45, 7) is 6.23. The van der Waals surface area contributed by atoms with Crippen LogP contribution >= 0.6 is 0 Å². The minimum Gasteiger partial charge on any atom is -0.379 e. The van der Waals surface area contributed by atoms with Crippen molar-refractivity contribution in [1.82, 2.24) is 14.3 Å². The molecule has 0 amide bonds. The SMILES string of the molecule is CC1(C)[C@@H]2CC[C@@]1(CS(=O)(=O)N1CCOCC1)c1nc3ccccc3nc12. The third kappa shape index (κ3) is 2.34. The Morgan fingerprint density at radius 2 is 1.81 bits per heavy atom. The van der Waals surface area contributed by atoms with E-state index in [1.165, 1.54) is 0 Å². The highest BCUT2D eigenvalue weighted by molar-refractivity contribution is 7.89. The molecule has 5 rings (SSSR count). The number of ether oxygens (including phenoxy) is 1. The monoisotopic (exact) mass is 387 g/mol. The predicted molar refractivity (Wildman–Crippen MR) is 103 cm³/mol. The van der Waals surface area contributed by atoms with Crippen molar-refractivity contribution in [2.45, 2.75) is 38.0 Å². The van der Waals surface area contributed by atoms with Gasteiger partial charge in [0.25, 0.3) is 0 Å². The Balaban J connectivity index is 1.64. The molecule has 27 heavy (non-hydrogen) atoms. The highest BCUT2D eigenvalue weighted by Gasteiger charge is 2.65. The molecule has 1 aromatic carbocycles. The van der Waals surface area contributed by atoms with Gasteiger partial charge in [-0.1, -0.05) is 26.0 Å². The molecule has 2 bridgehead atoms. The average Bonchev–Trinajstić information content (AvgIpc) is 3.00. The van der Waals surface area contributed by atoms with Crippen molar-refractivity contribution in [1.29, 1.82) is 0 Å². The molecule has 1 saturated heterocycles. The zero-order valence-corrected chi connectivity index (χ0v) is 16.6. The molecule has 1 aliphatic heterocycles. The number of nitrogens with zero attached hydrogens (tertiary/aromatic N) is 3. The maximum Gasteiger partial charge on any atom is 0.215 e. The third-order valence-corrected chi connectivity index (χ3v) is 9.15. The first-order chi connectivity index (χ1) is 12.9. The molecule has 2 heterocycles.